The van der Waals surface area contributed by atoms with Gasteiger partial charge >= 0.3 is 0 Å². The molecular formula is C17H22ClN3O. The van der Waals surface area contributed by atoms with Crippen molar-refractivity contribution >= 4 is 28.4 Å². The molecule has 1 aromatic heterocycles. The third-order valence-corrected chi connectivity index (χ3v) is 4.60. The molecule has 0 aliphatic carbocycles. The molecule has 1 amide bonds. The minimum absolute atomic E-state index is 0.226. The molecule has 1 saturated heterocycles. The zero-order valence-electron chi connectivity index (χ0n) is 13.1. The van der Waals surface area contributed by atoms with Crippen LogP contribution in [0.25, 0.3) is 10.9 Å². The number of piperidine rings is 1. The number of fused-ring (bicyclic) bond motifs is 1. The van der Waals surface area contributed by atoms with E-state index in [-0.39, 0.29) is 5.91 Å². The summed E-state index contributed by atoms with van der Waals surface area (Å²) in [6, 6.07) is 5.72. The van der Waals surface area contributed by atoms with Gasteiger partial charge in [-0.1, -0.05) is 25.4 Å². The van der Waals surface area contributed by atoms with Crippen LogP contribution in [0.4, 0.5) is 0 Å². The van der Waals surface area contributed by atoms with Crippen LogP contribution in [0, 0.1) is 11.8 Å². The summed E-state index contributed by atoms with van der Waals surface area (Å²) in [6.45, 7) is 6.81. The molecule has 0 bridgehead atoms. The molecule has 1 aliphatic rings. The van der Waals surface area contributed by atoms with Crippen LogP contribution in [0.15, 0.2) is 24.4 Å². The van der Waals surface area contributed by atoms with Crippen LogP contribution < -0.4 is 0 Å². The van der Waals surface area contributed by atoms with Crippen LogP contribution in [-0.4, -0.2) is 33.7 Å². The number of benzene rings is 1. The van der Waals surface area contributed by atoms with E-state index in [4.69, 9.17) is 11.6 Å². The lowest BCUT2D eigenvalue weighted by molar-refractivity contribution is -0.134. The predicted octanol–water partition coefficient (Wildman–Crippen LogP) is 3.58. The van der Waals surface area contributed by atoms with Gasteiger partial charge in [0.15, 0.2) is 0 Å². The highest BCUT2D eigenvalue weighted by Gasteiger charge is 2.25. The van der Waals surface area contributed by atoms with E-state index < -0.39 is 0 Å². The van der Waals surface area contributed by atoms with Crippen molar-refractivity contribution < 1.29 is 4.79 Å². The molecule has 0 radical (unpaired) electrons. The number of rotatable bonds is 3. The van der Waals surface area contributed by atoms with Crippen molar-refractivity contribution in [3.63, 3.8) is 0 Å². The second kappa shape index (κ2) is 6.29. The number of amides is 1. The number of nitrogens with zero attached hydrogens (tertiary/aromatic N) is 3. The predicted molar refractivity (Wildman–Crippen MR) is 88.9 cm³/mol. The largest absolute Gasteiger partial charge is 0.342 e. The molecule has 1 aromatic carbocycles. The van der Waals surface area contributed by atoms with Gasteiger partial charge in [-0.3, -0.25) is 9.48 Å². The van der Waals surface area contributed by atoms with Gasteiger partial charge in [0, 0.05) is 29.9 Å². The third-order valence-electron chi connectivity index (χ3n) is 4.37. The van der Waals surface area contributed by atoms with E-state index in [0.29, 0.717) is 29.8 Å². The summed E-state index contributed by atoms with van der Waals surface area (Å²) < 4.78 is 1.87. The molecule has 0 saturated carbocycles. The Hall–Kier alpha value is -1.55. The molecule has 1 aliphatic heterocycles. The molecule has 0 N–H and O–H groups in total. The summed E-state index contributed by atoms with van der Waals surface area (Å²) in [5.41, 5.74) is 0.987. The van der Waals surface area contributed by atoms with Gasteiger partial charge in [-0.15, -0.1) is 0 Å². The highest BCUT2D eigenvalue weighted by molar-refractivity contribution is 6.31. The summed E-state index contributed by atoms with van der Waals surface area (Å²) in [4.78, 5) is 14.5. The lowest BCUT2D eigenvalue weighted by Crippen LogP contribution is -2.42. The second-order valence-corrected chi connectivity index (χ2v) is 7.00. The van der Waals surface area contributed by atoms with E-state index in [1.54, 1.807) is 0 Å². The lowest BCUT2D eigenvalue weighted by Gasteiger charge is -2.35. The van der Waals surface area contributed by atoms with Crippen LogP contribution in [0.3, 0.4) is 0 Å². The van der Waals surface area contributed by atoms with Gasteiger partial charge in [-0.05, 0) is 36.5 Å². The summed E-state index contributed by atoms with van der Waals surface area (Å²) in [5.74, 6) is 1.41. The van der Waals surface area contributed by atoms with Crippen molar-refractivity contribution in [2.75, 3.05) is 13.1 Å². The van der Waals surface area contributed by atoms with E-state index in [9.17, 15) is 4.79 Å². The van der Waals surface area contributed by atoms with Crippen LogP contribution in [-0.2, 0) is 11.3 Å². The quantitative estimate of drug-likeness (QED) is 0.867. The molecule has 2 heterocycles. The Morgan fingerprint density at radius 1 is 1.32 bits per heavy atom. The van der Waals surface area contributed by atoms with Crippen molar-refractivity contribution in [3.8, 4) is 0 Å². The SMILES string of the molecule is C[C@H]1C[C@H](C)CN(C(=O)CCn2ncc3ccc(Cl)cc32)C1. The summed E-state index contributed by atoms with van der Waals surface area (Å²) in [7, 11) is 0. The molecule has 5 heteroatoms. The van der Waals surface area contributed by atoms with Crippen LogP contribution in [0.2, 0.25) is 5.02 Å². The molecule has 1 fully saturated rings. The first-order valence-electron chi connectivity index (χ1n) is 7.92. The van der Waals surface area contributed by atoms with Crippen LogP contribution in [0.1, 0.15) is 26.7 Å². The number of aromatic nitrogens is 2. The van der Waals surface area contributed by atoms with E-state index in [0.717, 1.165) is 24.0 Å². The fourth-order valence-electron chi connectivity index (χ4n) is 3.45. The summed E-state index contributed by atoms with van der Waals surface area (Å²) >= 11 is 6.05. The highest BCUT2D eigenvalue weighted by Crippen LogP contribution is 2.22. The van der Waals surface area contributed by atoms with E-state index in [2.05, 4.69) is 18.9 Å². The molecule has 2 atom stereocenters. The Balaban J connectivity index is 1.66. The van der Waals surface area contributed by atoms with Gasteiger partial charge in [0.05, 0.1) is 18.3 Å². The topological polar surface area (TPSA) is 38.1 Å². The molecule has 2 aromatic rings. The van der Waals surface area contributed by atoms with Crippen molar-refractivity contribution in [2.45, 2.75) is 33.2 Å². The smallest absolute Gasteiger partial charge is 0.224 e. The Labute approximate surface area is 136 Å². The van der Waals surface area contributed by atoms with Gasteiger partial charge < -0.3 is 4.90 Å². The number of carbonyl (C=O) groups is 1. The molecule has 118 valence electrons. The van der Waals surface area contributed by atoms with Crippen molar-refractivity contribution in [2.24, 2.45) is 11.8 Å². The number of aryl methyl sites for hydroxylation is 1. The first-order valence-corrected chi connectivity index (χ1v) is 8.29. The van der Waals surface area contributed by atoms with Gasteiger partial charge in [0.25, 0.3) is 0 Å². The first-order chi connectivity index (χ1) is 10.5. The molecule has 22 heavy (non-hydrogen) atoms. The maximum Gasteiger partial charge on any atom is 0.224 e. The van der Waals surface area contributed by atoms with Gasteiger partial charge in [0.2, 0.25) is 5.91 Å². The highest BCUT2D eigenvalue weighted by atomic mass is 35.5. The second-order valence-electron chi connectivity index (χ2n) is 6.57. The number of hydrogen-bond donors (Lipinski definition) is 0. The zero-order chi connectivity index (χ0) is 15.7. The standard InChI is InChI=1S/C17H22ClN3O/c1-12-7-13(2)11-20(10-12)17(22)5-6-21-16-8-15(18)4-3-14(16)9-19-21/h3-4,8-9,12-13H,5-7,10-11H2,1-2H3/t12-,13-/m0/s1. The van der Waals surface area contributed by atoms with E-state index in [1.807, 2.05) is 34.0 Å². The average molecular weight is 320 g/mol. The van der Waals surface area contributed by atoms with Gasteiger partial charge in [-0.25, -0.2) is 0 Å². The maximum absolute atomic E-state index is 12.4. The lowest BCUT2D eigenvalue weighted by atomic mass is 9.92. The van der Waals surface area contributed by atoms with Gasteiger partial charge in [0.1, 0.15) is 0 Å². The number of carbonyl (C=O) groups excluding carboxylic acids is 1. The van der Waals surface area contributed by atoms with E-state index in [1.165, 1.54) is 6.42 Å². The van der Waals surface area contributed by atoms with Crippen molar-refractivity contribution in [1.82, 2.24) is 14.7 Å². The van der Waals surface area contributed by atoms with Crippen molar-refractivity contribution in [3.05, 3.63) is 29.4 Å². The Morgan fingerprint density at radius 2 is 2.05 bits per heavy atom. The minimum atomic E-state index is 0.226. The van der Waals surface area contributed by atoms with Crippen LogP contribution >= 0.6 is 11.6 Å². The monoisotopic (exact) mass is 319 g/mol. The fraction of sp³-hybridized carbons (Fsp3) is 0.529. The molecule has 4 nitrogen and oxygen atoms in total. The van der Waals surface area contributed by atoms with E-state index >= 15 is 0 Å². The number of likely N-dealkylation sites (tertiary alicyclic amines) is 1. The minimum Gasteiger partial charge on any atom is -0.342 e. The first kappa shape index (κ1) is 15.3. The van der Waals surface area contributed by atoms with Gasteiger partial charge in [-0.2, -0.15) is 5.10 Å². The average Bonchev–Trinajstić information content (AvgIpc) is 2.86. The number of hydrogen-bond acceptors (Lipinski definition) is 2. The number of halogens is 1. The fourth-order valence-corrected chi connectivity index (χ4v) is 3.61. The Morgan fingerprint density at radius 3 is 2.77 bits per heavy atom. The molecular weight excluding hydrogens is 298 g/mol. The Bertz CT molecular complexity index is 672. The van der Waals surface area contributed by atoms with Crippen LogP contribution in [0.5, 0.6) is 0 Å². The summed E-state index contributed by atoms with van der Waals surface area (Å²) in [6.07, 6.45) is 3.52. The van der Waals surface area contributed by atoms with Crippen molar-refractivity contribution in [1.29, 1.82) is 0 Å². The zero-order valence-corrected chi connectivity index (χ0v) is 13.9. The summed E-state index contributed by atoms with van der Waals surface area (Å²) in [5, 5.41) is 6.12. The third kappa shape index (κ3) is 3.27. The molecule has 0 spiro atoms. The maximum atomic E-state index is 12.4. The molecule has 0 unspecified atom stereocenters. The molecule has 3 rings (SSSR count). The normalized spacial score (nSPS) is 22.2. The Kier molecular flexibility index (Phi) is 4.39.